The predicted octanol–water partition coefficient (Wildman–Crippen LogP) is 4.27. The summed E-state index contributed by atoms with van der Waals surface area (Å²) in [6, 6.07) is 8.00. The molecule has 0 aliphatic rings. The molecule has 0 aliphatic carbocycles. The summed E-state index contributed by atoms with van der Waals surface area (Å²) in [4.78, 5) is 0. The van der Waals surface area contributed by atoms with Crippen LogP contribution in [0.5, 0.6) is 0 Å². The zero-order chi connectivity index (χ0) is 13.3. The Labute approximate surface area is 116 Å². The molecule has 18 heavy (non-hydrogen) atoms. The molecule has 0 amide bonds. The van der Waals surface area contributed by atoms with Gasteiger partial charge >= 0.3 is 0 Å². The van der Waals surface area contributed by atoms with Gasteiger partial charge < -0.3 is 10.2 Å². The van der Waals surface area contributed by atoms with E-state index in [0.29, 0.717) is 0 Å². The van der Waals surface area contributed by atoms with Gasteiger partial charge in [-0.25, -0.2) is 0 Å². The Bertz CT molecular complexity index is 560. The lowest BCUT2D eigenvalue weighted by molar-refractivity contribution is 0.453. The molecule has 0 spiro atoms. The Balaban J connectivity index is 2.39. The van der Waals surface area contributed by atoms with E-state index in [1.54, 1.807) is 0 Å². The molecule has 1 aromatic carbocycles. The minimum atomic E-state index is -0.197. The molecule has 3 heteroatoms. The van der Waals surface area contributed by atoms with Crippen LogP contribution >= 0.6 is 15.9 Å². The molecule has 1 unspecified atom stereocenters. The highest BCUT2D eigenvalue weighted by Gasteiger charge is 2.16. The van der Waals surface area contributed by atoms with Gasteiger partial charge in [0, 0.05) is 10.9 Å². The molecule has 2 aromatic rings. The van der Waals surface area contributed by atoms with Crippen molar-refractivity contribution < 1.29 is 4.42 Å². The lowest BCUT2D eigenvalue weighted by Crippen LogP contribution is -2.12. The molecule has 96 valence electrons. The van der Waals surface area contributed by atoms with E-state index in [4.69, 9.17) is 10.2 Å². The highest BCUT2D eigenvalue weighted by molar-refractivity contribution is 9.10. The molecule has 2 rings (SSSR count). The third-order valence-electron chi connectivity index (χ3n) is 3.22. The number of rotatable bonds is 3. The maximum Gasteiger partial charge on any atom is 0.125 e. The molecule has 0 bridgehead atoms. The fourth-order valence-corrected chi connectivity index (χ4v) is 2.50. The van der Waals surface area contributed by atoms with E-state index in [0.717, 1.165) is 28.0 Å². The predicted molar refractivity (Wildman–Crippen MR) is 77.7 cm³/mol. The first kappa shape index (κ1) is 13.4. The second-order valence-electron chi connectivity index (χ2n) is 4.59. The summed E-state index contributed by atoms with van der Waals surface area (Å²) in [5, 5.41) is 0. The number of hydrogen-bond acceptors (Lipinski definition) is 2. The van der Waals surface area contributed by atoms with Crippen LogP contribution in [0, 0.1) is 13.8 Å². The van der Waals surface area contributed by atoms with Crippen molar-refractivity contribution in [3.8, 4) is 0 Å². The van der Waals surface area contributed by atoms with Gasteiger partial charge in [0.2, 0.25) is 0 Å². The van der Waals surface area contributed by atoms with Gasteiger partial charge in [0.1, 0.15) is 11.5 Å². The minimum Gasteiger partial charge on any atom is -0.464 e. The van der Waals surface area contributed by atoms with Gasteiger partial charge in [-0.05, 0) is 48.7 Å². The first-order chi connectivity index (χ1) is 8.52. The summed E-state index contributed by atoms with van der Waals surface area (Å²) >= 11 is 3.54. The number of furan rings is 1. The molecule has 0 saturated heterocycles. The smallest absolute Gasteiger partial charge is 0.125 e. The van der Waals surface area contributed by atoms with Crippen LogP contribution in [0.3, 0.4) is 0 Å². The highest BCUT2D eigenvalue weighted by Crippen LogP contribution is 2.28. The molecule has 0 radical (unpaired) electrons. The quantitative estimate of drug-likeness (QED) is 0.919. The fourth-order valence-electron chi connectivity index (χ4n) is 2.04. The summed E-state index contributed by atoms with van der Waals surface area (Å²) in [5.41, 5.74) is 9.78. The van der Waals surface area contributed by atoms with Gasteiger partial charge in [-0.15, -0.1) is 0 Å². The molecule has 2 N–H and O–H groups in total. The standard InChI is InChI=1S/C15H18BrNO/c1-4-11-5-6-14(18-11)15(17)12-7-10(3)13(16)8-9(12)2/h5-8,15H,4,17H2,1-3H3. The van der Waals surface area contributed by atoms with Crippen molar-refractivity contribution in [2.24, 2.45) is 5.73 Å². The van der Waals surface area contributed by atoms with Crippen LogP contribution < -0.4 is 5.73 Å². The Hall–Kier alpha value is -1.06. The summed E-state index contributed by atoms with van der Waals surface area (Å²) in [6.45, 7) is 6.21. The van der Waals surface area contributed by atoms with Crippen molar-refractivity contribution in [3.05, 3.63) is 56.9 Å². The number of benzene rings is 1. The topological polar surface area (TPSA) is 39.2 Å². The lowest BCUT2D eigenvalue weighted by Gasteiger charge is -2.14. The molecule has 0 aliphatic heterocycles. The van der Waals surface area contributed by atoms with Crippen molar-refractivity contribution in [2.45, 2.75) is 33.2 Å². The average molecular weight is 308 g/mol. The summed E-state index contributed by atoms with van der Waals surface area (Å²) in [7, 11) is 0. The number of nitrogens with two attached hydrogens (primary N) is 1. The van der Waals surface area contributed by atoms with Crippen LogP contribution in [0.15, 0.2) is 33.2 Å². The van der Waals surface area contributed by atoms with Crippen molar-refractivity contribution in [2.75, 3.05) is 0 Å². The van der Waals surface area contributed by atoms with Gasteiger partial charge in [0.05, 0.1) is 6.04 Å². The fraction of sp³-hybridized carbons (Fsp3) is 0.333. The third kappa shape index (κ3) is 2.52. The highest BCUT2D eigenvalue weighted by atomic mass is 79.9. The van der Waals surface area contributed by atoms with Crippen LogP contribution in [0.2, 0.25) is 0 Å². The van der Waals surface area contributed by atoms with Crippen LogP contribution in [-0.2, 0) is 6.42 Å². The van der Waals surface area contributed by atoms with Crippen LogP contribution in [0.4, 0.5) is 0 Å². The summed E-state index contributed by atoms with van der Waals surface area (Å²) in [6.07, 6.45) is 0.894. The van der Waals surface area contributed by atoms with E-state index >= 15 is 0 Å². The Morgan fingerprint density at radius 2 is 1.94 bits per heavy atom. The van der Waals surface area contributed by atoms with Gasteiger partial charge in [-0.3, -0.25) is 0 Å². The average Bonchev–Trinajstić information content (AvgIpc) is 2.81. The molecule has 1 atom stereocenters. The zero-order valence-electron chi connectivity index (χ0n) is 11.0. The number of halogens is 1. The monoisotopic (exact) mass is 307 g/mol. The van der Waals surface area contributed by atoms with E-state index < -0.39 is 0 Å². The molecule has 0 saturated carbocycles. The van der Waals surface area contributed by atoms with Crippen LogP contribution in [0.1, 0.15) is 41.2 Å². The second-order valence-corrected chi connectivity index (χ2v) is 5.45. The van der Waals surface area contributed by atoms with Crippen molar-refractivity contribution in [1.82, 2.24) is 0 Å². The molecule has 0 fully saturated rings. The van der Waals surface area contributed by atoms with E-state index in [1.807, 2.05) is 12.1 Å². The molecule has 2 nitrogen and oxygen atoms in total. The Morgan fingerprint density at radius 3 is 2.56 bits per heavy atom. The van der Waals surface area contributed by atoms with E-state index in [-0.39, 0.29) is 6.04 Å². The van der Waals surface area contributed by atoms with Gasteiger partial charge in [-0.1, -0.05) is 28.9 Å². The Kier molecular flexibility index (Phi) is 3.93. The van der Waals surface area contributed by atoms with Crippen molar-refractivity contribution in [1.29, 1.82) is 0 Å². The minimum absolute atomic E-state index is 0.197. The van der Waals surface area contributed by atoms with Crippen molar-refractivity contribution >= 4 is 15.9 Å². The largest absolute Gasteiger partial charge is 0.464 e. The molecule has 1 aromatic heterocycles. The maximum atomic E-state index is 6.30. The molecule has 1 heterocycles. The first-order valence-electron chi connectivity index (χ1n) is 6.13. The summed E-state index contributed by atoms with van der Waals surface area (Å²) in [5.74, 6) is 1.81. The van der Waals surface area contributed by atoms with E-state index in [1.165, 1.54) is 11.1 Å². The lowest BCUT2D eigenvalue weighted by atomic mass is 9.98. The third-order valence-corrected chi connectivity index (χ3v) is 4.07. The Morgan fingerprint density at radius 1 is 1.22 bits per heavy atom. The zero-order valence-corrected chi connectivity index (χ0v) is 12.5. The SMILES string of the molecule is CCc1ccc(C(N)c2cc(C)c(Br)cc2C)o1. The van der Waals surface area contributed by atoms with Gasteiger partial charge in [-0.2, -0.15) is 0 Å². The summed E-state index contributed by atoms with van der Waals surface area (Å²) < 4.78 is 6.85. The maximum absolute atomic E-state index is 6.30. The van der Waals surface area contributed by atoms with Crippen molar-refractivity contribution in [3.63, 3.8) is 0 Å². The van der Waals surface area contributed by atoms with E-state index in [2.05, 4.69) is 48.8 Å². The number of aryl methyl sites for hydroxylation is 3. The molecular formula is C15H18BrNO. The van der Waals surface area contributed by atoms with Gasteiger partial charge in [0.15, 0.2) is 0 Å². The number of hydrogen-bond donors (Lipinski definition) is 1. The first-order valence-corrected chi connectivity index (χ1v) is 6.93. The van der Waals surface area contributed by atoms with Gasteiger partial charge in [0.25, 0.3) is 0 Å². The second kappa shape index (κ2) is 5.29. The van der Waals surface area contributed by atoms with Crippen LogP contribution in [-0.4, -0.2) is 0 Å². The normalized spacial score (nSPS) is 12.7. The van der Waals surface area contributed by atoms with E-state index in [9.17, 15) is 0 Å². The molecular weight excluding hydrogens is 290 g/mol. The van der Waals surface area contributed by atoms with Crippen LogP contribution in [0.25, 0.3) is 0 Å².